The van der Waals surface area contributed by atoms with Gasteiger partial charge in [0.15, 0.2) is 0 Å². The Morgan fingerprint density at radius 3 is 2.25 bits per heavy atom. The van der Waals surface area contributed by atoms with Gasteiger partial charge in [-0.1, -0.05) is 12.1 Å². The Labute approximate surface area is 88.4 Å². The lowest BCUT2D eigenvalue weighted by Crippen LogP contribution is -2.21. The summed E-state index contributed by atoms with van der Waals surface area (Å²) in [5.41, 5.74) is -1.02. The Morgan fingerprint density at radius 1 is 1.25 bits per heavy atom. The van der Waals surface area contributed by atoms with Gasteiger partial charge < -0.3 is 5.11 Å². The molecule has 0 radical (unpaired) electrons. The summed E-state index contributed by atoms with van der Waals surface area (Å²) in [5, 5.41) is 29.7. The van der Waals surface area contributed by atoms with Crippen LogP contribution in [0.4, 0.5) is 5.69 Å². The first-order chi connectivity index (χ1) is 7.45. The van der Waals surface area contributed by atoms with Crippen LogP contribution in [0, 0.1) is 20.2 Å². The van der Waals surface area contributed by atoms with Crippen LogP contribution < -0.4 is 0 Å². The highest BCUT2D eigenvalue weighted by Gasteiger charge is 2.37. The molecule has 0 spiro atoms. The van der Waals surface area contributed by atoms with E-state index in [0.717, 1.165) is 12.1 Å². The summed E-state index contributed by atoms with van der Waals surface area (Å²) in [5.74, 6) is -1.74. The largest absolute Gasteiger partial charge is 0.476 e. The van der Waals surface area contributed by atoms with Crippen LogP contribution in [-0.4, -0.2) is 20.9 Å². The van der Waals surface area contributed by atoms with Crippen molar-refractivity contribution < 1.29 is 19.7 Å². The third-order valence-corrected chi connectivity index (χ3v) is 1.87. The molecule has 1 unspecified atom stereocenters. The number of hydrogen-bond acceptors (Lipinski definition) is 5. The van der Waals surface area contributed by atoms with Crippen LogP contribution in [0.1, 0.15) is 11.6 Å². The van der Waals surface area contributed by atoms with Crippen molar-refractivity contribution in [3.05, 3.63) is 50.1 Å². The molecule has 0 aliphatic rings. The van der Waals surface area contributed by atoms with Gasteiger partial charge in [-0.05, 0) is 6.07 Å². The number of rotatable bonds is 4. The Hall–Kier alpha value is -2.51. The highest BCUT2D eigenvalue weighted by Crippen LogP contribution is 2.26. The van der Waals surface area contributed by atoms with Gasteiger partial charge in [0.1, 0.15) is 5.56 Å². The minimum Gasteiger partial charge on any atom is -0.476 e. The van der Waals surface area contributed by atoms with Crippen LogP contribution in [-0.2, 0) is 4.79 Å². The van der Waals surface area contributed by atoms with E-state index in [1.54, 1.807) is 0 Å². The fourth-order valence-electron chi connectivity index (χ4n) is 1.22. The molecule has 1 aromatic carbocycles. The van der Waals surface area contributed by atoms with Gasteiger partial charge in [0.25, 0.3) is 5.69 Å². The van der Waals surface area contributed by atoms with Crippen molar-refractivity contribution in [3.63, 3.8) is 0 Å². The molecule has 0 saturated heterocycles. The van der Waals surface area contributed by atoms with E-state index in [9.17, 15) is 25.0 Å². The third-order valence-electron chi connectivity index (χ3n) is 1.87. The minimum absolute atomic E-state index is 0.440. The summed E-state index contributed by atoms with van der Waals surface area (Å²) in [4.78, 5) is 29.8. The van der Waals surface area contributed by atoms with E-state index in [2.05, 4.69) is 0 Å². The maximum Gasteiger partial charge on any atom is 0.384 e. The van der Waals surface area contributed by atoms with E-state index in [1.165, 1.54) is 12.1 Å². The molecule has 0 amide bonds. The van der Waals surface area contributed by atoms with Gasteiger partial charge in [-0.3, -0.25) is 20.2 Å². The average molecular weight is 226 g/mol. The van der Waals surface area contributed by atoms with Gasteiger partial charge in [0, 0.05) is 11.0 Å². The normalized spacial score (nSPS) is 11.8. The minimum atomic E-state index is -2.12. The average Bonchev–Trinajstić information content (AvgIpc) is 2.17. The van der Waals surface area contributed by atoms with E-state index in [4.69, 9.17) is 5.11 Å². The summed E-state index contributed by atoms with van der Waals surface area (Å²) >= 11 is 0. The monoisotopic (exact) mass is 226 g/mol. The van der Waals surface area contributed by atoms with Gasteiger partial charge in [-0.15, -0.1) is 0 Å². The smallest absolute Gasteiger partial charge is 0.384 e. The number of nitro groups is 2. The van der Waals surface area contributed by atoms with Gasteiger partial charge in [-0.25, -0.2) is 4.79 Å². The summed E-state index contributed by atoms with van der Waals surface area (Å²) in [6, 6.07) is 2.57. The molecule has 1 N–H and O–H groups in total. The first kappa shape index (κ1) is 11.6. The number of benzene rings is 1. The molecule has 0 fully saturated rings. The lowest BCUT2D eigenvalue weighted by molar-refractivity contribution is -0.517. The number of para-hydroxylation sites is 1. The first-order valence-corrected chi connectivity index (χ1v) is 4.04. The highest BCUT2D eigenvalue weighted by molar-refractivity contribution is 5.75. The van der Waals surface area contributed by atoms with Gasteiger partial charge in [-0.2, -0.15) is 0 Å². The molecule has 1 rings (SSSR count). The number of nitro benzene ring substituents is 1. The van der Waals surface area contributed by atoms with Crippen LogP contribution >= 0.6 is 0 Å². The Bertz CT molecular complexity index is 444. The number of carboxylic acid groups (broad SMARTS) is 1. The van der Waals surface area contributed by atoms with Crippen LogP contribution in [0.3, 0.4) is 0 Å². The van der Waals surface area contributed by atoms with Crippen molar-refractivity contribution in [3.8, 4) is 0 Å². The second kappa shape index (κ2) is 4.34. The molecule has 0 saturated carbocycles. The van der Waals surface area contributed by atoms with Crippen LogP contribution in [0.2, 0.25) is 0 Å². The molecule has 0 bridgehead atoms. The van der Waals surface area contributed by atoms with E-state index in [1.807, 2.05) is 0 Å². The topological polar surface area (TPSA) is 124 Å². The number of hydrogen-bond donors (Lipinski definition) is 1. The number of nitrogens with zero attached hydrogens (tertiary/aromatic N) is 2. The summed E-state index contributed by atoms with van der Waals surface area (Å²) in [7, 11) is 0. The molecule has 8 heteroatoms. The van der Waals surface area contributed by atoms with Gasteiger partial charge >= 0.3 is 12.0 Å². The second-order valence-electron chi connectivity index (χ2n) is 2.84. The van der Waals surface area contributed by atoms with Crippen LogP contribution in [0.15, 0.2) is 24.3 Å². The van der Waals surface area contributed by atoms with E-state index in [-0.39, 0.29) is 0 Å². The van der Waals surface area contributed by atoms with Crippen molar-refractivity contribution in [1.29, 1.82) is 0 Å². The molecular formula is C8H6N2O6. The van der Waals surface area contributed by atoms with Gasteiger partial charge in [0.2, 0.25) is 0 Å². The zero-order chi connectivity index (χ0) is 12.3. The van der Waals surface area contributed by atoms with Crippen LogP contribution in [0.5, 0.6) is 0 Å². The molecule has 1 atom stereocenters. The van der Waals surface area contributed by atoms with Crippen LogP contribution in [0.25, 0.3) is 0 Å². The Kier molecular flexibility index (Phi) is 3.14. The molecule has 8 nitrogen and oxygen atoms in total. The van der Waals surface area contributed by atoms with Crippen molar-refractivity contribution in [2.24, 2.45) is 0 Å². The quantitative estimate of drug-likeness (QED) is 0.603. The van der Waals surface area contributed by atoms with Crippen molar-refractivity contribution in [2.75, 3.05) is 0 Å². The summed E-state index contributed by atoms with van der Waals surface area (Å²) in [6.07, 6.45) is 0. The fraction of sp³-hybridized carbons (Fsp3) is 0.125. The molecule has 0 aliphatic heterocycles. The second-order valence-corrected chi connectivity index (χ2v) is 2.84. The molecule has 16 heavy (non-hydrogen) atoms. The standard InChI is InChI=1S/C8H6N2O6/c11-8(12)7(10(15)16)5-3-1-2-4-6(5)9(13)14/h1-4,7H,(H,11,12). The molecule has 0 heterocycles. The van der Waals surface area contributed by atoms with E-state index >= 15 is 0 Å². The maximum atomic E-state index is 10.7. The first-order valence-electron chi connectivity index (χ1n) is 4.04. The van der Waals surface area contributed by atoms with Crippen molar-refractivity contribution in [2.45, 2.75) is 6.04 Å². The third kappa shape index (κ3) is 2.11. The van der Waals surface area contributed by atoms with Crippen molar-refractivity contribution in [1.82, 2.24) is 0 Å². The molecule has 0 aromatic heterocycles. The number of carbonyl (C=O) groups is 1. The predicted molar refractivity (Wildman–Crippen MR) is 50.5 cm³/mol. The molecule has 1 aromatic rings. The predicted octanol–water partition coefficient (Wildman–Crippen LogP) is 0.997. The zero-order valence-electron chi connectivity index (χ0n) is 7.77. The number of carboxylic acids is 1. The van der Waals surface area contributed by atoms with Gasteiger partial charge in [0.05, 0.1) is 4.92 Å². The fourth-order valence-corrected chi connectivity index (χ4v) is 1.22. The molecular weight excluding hydrogens is 220 g/mol. The lowest BCUT2D eigenvalue weighted by Gasteiger charge is -2.04. The lowest BCUT2D eigenvalue weighted by atomic mass is 10.1. The summed E-state index contributed by atoms with van der Waals surface area (Å²) in [6.45, 7) is 0. The summed E-state index contributed by atoms with van der Waals surface area (Å²) < 4.78 is 0. The van der Waals surface area contributed by atoms with E-state index in [0.29, 0.717) is 0 Å². The number of aliphatic carboxylic acids is 1. The molecule has 0 aliphatic carbocycles. The highest BCUT2D eigenvalue weighted by atomic mass is 16.6. The molecule has 84 valence electrons. The maximum absolute atomic E-state index is 10.7. The van der Waals surface area contributed by atoms with E-state index < -0.39 is 33.1 Å². The Morgan fingerprint density at radius 2 is 1.81 bits per heavy atom. The Balaban J connectivity index is 3.35. The van der Waals surface area contributed by atoms with Crippen molar-refractivity contribution >= 4 is 11.7 Å². The SMILES string of the molecule is O=C(O)C(c1ccccc1[N+](=O)[O-])[N+](=O)[O-]. The zero-order valence-corrected chi connectivity index (χ0v) is 7.77.